The average molecular weight is 734 g/mol. The van der Waals surface area contributed by atoms with Crippen LogP contribution in [0.25, 0.3) is 16.8 Å². The number of sulfonamides is 1. The zero-order valence-electron chi connectivity index (χ0n) is 29.3. The summed E-state index contributed by atoms with van der Waals surface area (Å²) >= 11 is 0. The molecule has 1 aromatic heterocycles. The van der Waals surface area contributed by atoms with Crippen molar-refractivity contribution in [1.29, 1.82) is 0 Å². The van der Waals surface area contributed by atoms with Crippen molar-refractivity contribution < 1.29 is 37.1 Å². The monoisotopic (exact) mass is 733 g/mol. The highest BCUT2D eigenvalue weighted by Crippen LogP contribution is 2.45. The molecule has 4 bridgehead atoms. The van der Waals surface area contributed by atoms with Crippen LogP contribution in [-0.2, 0) is 29.1 Å². The lowest BCUT2D eigenvalue weighted by Crippen LogP contribution is -2.59. The van der Waals surface area contributed by atoms with Gasteiger partial charge in [0.1, 0.15) is 23.7 Å². The molecule has 13 nitrogen and oxygen atoms in total. The van der Waals surface area contributed by atoms with Gasteiger partial charge in [-0.3, -0.25) is 19.1 Å². The Balaban J connectivity index is 1.20. The van der Waals surface area contributed by atoms with Crippen molar-refractivity contribution in [2.45, 2.75) is 106 Å². The summed E-state index contributed by atoms with van der Waals surface area (Å²) in [6.45, 7) is 4.03. The van der Waals surface area contributed by atoms with Crippen LogP contribution in [0.15, 0.2) is 49.2 Å². The zero-order valence-corrected chi connectivity index (χ0v) is 30.1. The molecule has 3 saturated carbocycles. The number of aromatic nitrogens is 1. The number of fused-ring (bicyclic) bond motifs is 3. The lowest BCUT2D eigenvalue weighted by molar-refractivity contribution is -0.142. The van der Waals surface area contributed by atoms with Gasteiger partial charge in [-0.2, -0.15) is 0 Å². The van der Waals surface area contributed by atoms with Crippen molar-refractivity contribution >= 4 is 50.7 Å². The van der Waals surface area contributed by atoms with E-state index in [4.69, 9.17) is 9.47 Å². The summed E-state index contributed by atoms with van der Waals surface area (Å²) in [4.78, 5) is 61.4. The van der Waals surface area contributed by atoms with E-state index in [0.717, 1.165) is 61.3 Å². The molecule has 3 heterocycles. The molecule has 7 rings (SSSR count). The number of carbonyl (C=O) groups is 4. The van der Waals surface area contributed by atoms with Gasteiger partial charge >= 0.3 is 6.09 Å². The normalized spacial score (nSPS) is 29.4. The number of rotatable bonds is 7. The minimum absolute atomic E-state index is 0.0225. The number of ether oxygens (including phenoxy) is 2. The van der Waals surface area contributed by atoms with E-state index in [9.17, 15) is 27.6 Å². The van der Waals surface area contributed by atoms with Crippen molar-refractivity contribution in [2.75, 3.05) is 13.2 Å². The van der Waals surface area contributed by atoms with Gasteiger partial charge in [-0.05, 0) is 86.8 Å². The molecule has 1 aromatic carbocycles. The largest absolute Gasteiger partial charge is 0.472 e. The molecule has 3 N–H and O–H groups in total. The molecule has 0 radical (unpaired) electrons. The minimum atomic E-state index is -3.88. The van der Waals surface area contributed by atoms with Gasteiger partial charge in [-0.15, -0.1) is 6.58 Å². The molecule has 52 heavy (non-hydrogen) atoms. The molecule has 1 saturated heterocycles. The summed E-state index contributed by atoms with van der Waals surface area (Å²) in [5, 5.41) is 6.76. The van der Waals surface area contributed by atoms with E-state index in [1.807, 2.05) is 30.3 Å². The molecule has 2 aliphatic heterocycles. The van der Waals surface area contributed by atoms with Gasteiger partial charge in [-0.25, -0.2) is 18.2 Å². The standard InChI is InChI=1S/C38H47N5O8S/c1-2-27-22-38(27,36(46)42-52(48,49)29-15-16-29)41-33(44)31-21-28-23-43(31)35(45)32(26-11-7-8-12-26)40-37(47)50-19-9-5-3-4-6-10-24-13-14-25-17-18-39-34(51-28)30(25)20-24/h2,6,10,13-14,17-18,20,26-29,31-32H,1,3-5,7-9,11-12,15-16,19,21-23H2,(H,40,47)(H,41,44)(H,42,46)/b10-6+/t27-,28-,31+,32+,38?/m1/s1. The quantitative estimate of drug-likeness (QED) is 0.354. The number of hydrogen-bond donors (Lipinski definition) is 3. The van der Waals surface area contributed by atoms with Gasteiger partial charge in [0, 0.05) is 23.9 Å². The van der Waals surface area contributed by atoms with Crippen LogP contribution < -0.4 is 20.1 Å². The predicted molar refractivity (Wildman–Crippen MR) is 193 cm³/mol. The number of allylic oxidation sites excluding steroid dienone is 1. The van der Waals surface area contributed by atoms with Crippen LogP contribution in [0.5, 0.6) is 5.88 Å². The zero-order chi connectivity index (χ0) is 36.5. The van der Waals surface area contributed by atoms with Gasteiger partial charge < -0.3 is 25.0 Å². The summed E-state index contributed by atoms with van der Waals surface area (Å²) in [7, 11) is -3.88. The van der Waals surface area contributed by atoms with Crippen molar-refractivity contribution in [3.05, 3.63) is 54.8 Å². The topological polar surface area (TPSA) is 173 Å². The van der Waals surface area contributed by atoms with Gasteiger partial charge in [0.25, 0.3) is 5.91 Å². The molecule has 4 fully saturated rings. The molecule has 3 aliphatic carbocycles. The highest BCUT2D eigenvalue weighted by molar-refractivity contribution is 7.91. The molecule has 5 aliphatic rings. The highest BCUT2D eigenvalue weighted by atomic mass is 32.2. The molecular formula is C38H47N5O8S. The Morgan fingerprint density at radius 3 is 2.62 bits per heavy atom. The Morgan fingerprint density at radius 2 is 1.87 bits per heavy atom. The fraction of sp³-hybridized carbons (Fsp3) is 0.553. The summed E-state index contributed by atoms with van der Waals surface area (Å²) in [5.41, 5.74) is -0.542. The molecule has 4 amide bonds. The molecule has 14 heteroatoms. The molecule has 2 aromatic rings. The van der Waals surface area contributed by atoms with Crippen LogP contribution in [0.1, 0.15) is 82.6 Å². The Kier molecular flexibility index (Phi) is 10.3. The second kappa shape index (κ2) is 14.9. The number of benzene rings is 1. The maximum atomic E-state index is 14.6. The van der Waals surface area contributed by atoms with Gasteiger partial charge in [0.05, 0.1) is 18.4 Å². The third-order valence-electron chi connectivity index (χ3n) is 11.1. The fourth-order valence-corrected chi connectivity index (χ4v) is 9.22. The fourth-order valence-electron chi connectivity index (χ4n) is 7.85. The second-order valence-electron chi connectivity index (χ2n) is 14.8. The number of alkyl carbamates (subject to hydrolysis) is 1. The molecule has 278 valence electrons. The molecular weight excluding hydrogens is 687 g/mol. The van der Waals surface area contributed by atoms with Crippen LogP contribution in [0, 0.1) is 11.8 Å². The van der Waals surface area contributed by atoms with Crippen molar-refractivity contribution in [3.8, 4) is 5.88 Å². The van der Waals surface area contributed by atoms with Crippen LogP contribution >= 0.6 is 0 Å². The summed E-state index contributed by atoms with van der Waals surface area (Å²) in [5.74, 6) is -2.15. The van der Waals surface area contributed by atoms with E-state index >= 15 is 0 Å². The lowest BCUT2D eigenvalue weighted by Gasteiger charge is -2.32. The maximum Gasteiger partial charge on any atom is 0.407 e. The first kappa shape index (κ1) is 35.9. The number of nitrogens with zero attached hydrogens (tertiary/aromatic N) is 2. The van der Waals surface area contributed by atoms with E-state index < -0.39 is 68.7 Å². The number of pyridine rings is 1. The maximum absolute atomic E-state index is 14.6. The summed E-state index contributed by atoms with van der Waals surface area (Å²) < 4.78 is 39.6. The van der Waals surface area contributed by atoms with Crippen LogP contribution in [-0.4, -0.2) is 84.2 Å². The first-order valence-electron chi connectivity index (χ1n) is 18.5. The van der Waals surface area contributed by atoms with E-state index in [2.05, 4.69) is 33.0 Å². The van der Waals surface area contributed by atoms with Gasteiger partial charge in [0.15, 0.2) is 0 Å². The van der Waals surface area contributed by atoms with Gasteiger partial charge in [0.2, 0.25) is 27.7 Å². The van der Waals surface area contributed by atoms with Gasteiger partial charge in [-0.1, -0.05) is 43.2 Å². The summed E-state index contributed by atoms with van der Waals surface area (Å²) in [6.07, 6.45) is 13.8. The van der Waals surface area contributed by atoms with Crippen LogP contribution in [0.3, 0.4) is 0 Å². The minimum Gasteiger partial charge on any atom is -0.472 e. The van der Waals surface area contributed by atoms with E-state index in [0.29, 0.717) is 25.1 Å². The van der Waals surface area contributed by atoms with E-state index in [-0.39, 0.29) is 31.9 Å². The smallest absolute Gasteiger partial charge is 0.407 e. The van der Waals surface area contributed by atoms with Crippen molar-refractivity contribution in [2.24, 2.45) is 11.8 Å². The first-order chi connectivity index (χ1) is 25.1. The number of hydrogen-bond acceptors (Lipinski definition) is 9. The molecule has 1 unspecified atom stereocenters. The Hall–Kier alpha value is -4.46. The summed E-state index contributed by atoms with van der Waals surface area (Å²) in [6, 6.07) is 5.91. The number of cyclic esters (lactones) is 1. The number of amides is 4. The van der Waals surface area contributed by atoms with Crippen LogP contribution in [0.4, 0.5) is 4.79 Å². The number of carbonyl (C=O) groups excluding carboxylic acids is 4. The van der Waals surface area contributed by atoms with E-state index in [1.54, 1.807) is 6.20 Å². The molecule has 0 spiro atoms. The second-order valence-corrected chi connectivity index (χ2v) is 16.8. The predicted octanol–water partition coefficient (Wildman–Crippen LogP) is 4.12. The Bertz CT molecular complexity index is 1870. The first-order valence-corrected chi connectivity index (χ1v) is 20.1. The Labute approximate surface area is 304 Å². The SMILES string of the molecule is C=C[C@@H]1CC1(NC(=O)[C@@H]1C[C@@H]2CN1C(=O)[C@H](C1CCCC1)NC(=O)OCCCCC/C=C/c1ccc3ccnc(c3c1)O2)C(=O)NS(=O)(=O)C1CC1. The van der Waals surface area contributed by atoms with E-state index in [1.165, 1.54) is 11.0 Å². The van der Waals surface area contributed by atoms with Crippen LogP contribution in [0.2, 0.25) is 0 Å². The third-order valence-corrected chi connectivity index (χ3v) is 12.9. The lowest BCUT2D eigenvalue weighted by atomic mass is 9.96. The van der Waals surface area contributed by atoms with Crippen molar-refractivity contribution in [3.63, 3.8) is 0 Å². The molecule has 5 atom stereocenters. The third kappa shape index (κ3) is 7.67. The number of nitrogens with one attached hydrogen (secondary N) is 3. The highest BCUT2D eigenvalue weighted by Gasteiger charge is 2.62. The average Bonchev–Trinajstić information content (AvgIpc) is 4.00. The Morgan fingerprint density at radius 1 is 1.06 bits per heavy atom. The van der Waals surface area contributed by atoms with Crippen molar-refractivity contribution in [1.82, 2.24) is 25.2 Å².